The molecule has 0 aliphatic rings. The summed E-state index contributed by atoms with van der Waals surface area (Å²) < 4.78 is 26.9. The van der Waals surface area contributed by atoms with E-state index in [4.69, 9.17) is 29.4 Å². The number of hydrogen-bond donors (Lipinski definition) is 1. The van der Waals surface area contributed by atoms with Crippen LogP contribution < -0.4 is 5.73 Å². The maximum atomic E-state index is 11.8. The van der Waals surface area contributed by atoms with Crippen molar-refractivity contribution in [3.05, 3.63) is 29.8 Å². The van der Waals surface area contributed by atoms with Gasteiger partial charge in [-0.3, -0.25) is 0 Å². The molecule has 0 aromatic heterocycles. The van der Waals surface area contributed by atoms with Crippen molar-refractivity contribution in [2.75, 3.05) is 84.8 Å². The molecule has 0 aliphatic heterocycles. The Hall–Kier alpha value is -1.71. The van der Waals surface area contributed by atoms with Crippen LogP contribution in [0.2, 0.25) is 0 Å². The van der Waals surface area contributed by atoms with E-state index in [2.05, 4.69) is 18.7 Å². The number of carbonyl (C=O) groups excluding carboxylic acids is 1. The molecule has 0 fully saturated rings. The Morgan fingerprint density at radius 3 is 1.69 bits per heavy atom. The minimum atomic E-state index is -0.390. The van der Waals surface area contributed by atoms with Crippen molar-refractivity contribution in [3.63, 3.8) is 0 Å². The first-order chi connectivity index (χ1) is 14.2. The van der Waals surface area contributed by atoms with Crippen LogP contribution in [0.1, 0.15) is 24.2 Å². The normalized spacial score (nSPS) is 11.1. The molecule has 2 N–H and O–H groups in total. The number of nitrogens with zero attached hydrogens (tertiary/aromatic N) is 1. The molecular formula is C21H36N2O6. The minimum Gasteiger partial charge on any atom is -0.460 e. The van der Waals surface area contributed by atoms with Gasteiger partial charge in [0.1, 0.15) is 6.61 Å². The number of carbonyl (C=O) groups is 1. The van der Waals surface area contributed by atoms with E-state index < -0.39 is 0 Å². The molecule has 0 radical (unpaired) electrons. The SMILES string of the molecule is CCN(CC)CCOCCOCCOCCOCCOC(=O)c1ccc(N)cc1. The summed E-state index contributed by atoms with van der Waals surface area (Å²) >= 11 is 0. The monoisotopic (exact) mass is 412 g/mol. The van der Waals surface area contributed by atoms with Gasteiger partial charge >= 0.3 is 5.97 Å². The Bertz CT molecular complexity index is 522. The number of nitrogen functional groups attached to an aromatic ring is 1. The summed E-state index contributed by atoms with van der Waals surface area (Å²) in [6.45, 7) is 11.7. The molecule has 0 aliphatic carbocycles. The lowest BCUT2D eigenvalue weighted by atomic mass is 10.2. The molecule has 0 saturated carbocycles. The Balaban J connectivity index is 1.81. The maximum absolute atomic E-state index is 11.8. The van der Waals surface area contributed by atoms with Crippen molar-refractivity contribution in [1.82, 2.24) is 4.90 Å². The lowest BCUT2D eigenvalue weighted by Gasteiger charge is -2.17. The van der Waals surface area contributed by atoms with E-state index in [1.807, 2.05) is 0 Å². The van der Waals surface area contributed by atoms with Crippen molar-refractivity contribution >= 4 is 11.7 Å². The number of esters is 1. The average Bonchev–Trinajstić information content (AvgIpc) is 2.74. The van der Waals surface area contributed by atoms with Crippen molar-refractivity contribution < 1.29 is 28.5 Å². The highest BCUT2D eigenvalue weighted by Gasteiger charge is 2.06. The Kier molecular flexibility index (Phi) is 15.0. The summed E-state index contributed by atoms with van der Waals surface area (Å²) in [5.41, 5.74) is 6.65. The van der Waals surface area contributed by atoms with E-state index in [9.17, 15) is 4.79 Å². The second kappa shape index (κ2) is 17.2. The average molecular weight is 413 g/mol. The molecule has 0 atom stereocenters. The molecule has 1 rings (SSSR count). The first kappa shape index (κ1) is 25.3. The van der Waals surface area contributed by atoms with Crippen molar-refractivity contribution in [2.45, 2.75) is 13.8 Å². The first-order valence-electron chi connectivity index (χ1n) is 10.2. The number of rotatable bonds is 18. The summed E-state index contributed by atoms with van der Waals surface area (Å²) in [6, 6.07) is 6.59. The van der Waals surface area contributed by atoms with Crippen LogP contribution in [-0.2, 0) is 23.7 Å². The molecule has 8 heteroatoms. The largest absolute Gasteiger partial charge is 0.460 e. The second-order valence-corrected chi connectivity index (χ2v) is 6.23. The summed E-state index contributed by atoms with van der Waals surface area (Å²) in [4.78, 5) is 14.1. The van der Waals surface area contributed by atoms with Crippen LogP contribution in [0.25, 0.3) is 0 Å². The highest BCUT2D eigenvalue weighted by Crippen LogP contribution is 2.06. The van der Waals surface area contributed by atoms with Crippen molar-refractivity contribution in [1.29, 1.82) is 0 Å². The smallest absolute Gasteiger partial charge is 0.338 e. The molecule has 1 aromatic rings. The molecule has 1 aromatic carbocycles. The predicted octanol–water partition coefficient (Wildman–Crippen LogP) is 1.83. The Morgan fingerprint density at radius 1 is 0.759 bits per heavy atom. The van der Waals surface area contributed by atoms with Gasteiger partial charge in [0, 0.05) is 12.2 Å². The molecule has 8 nitrogen and oxygen atoms in total. The van der Waals surface area contributed by atoms with Gasteiger partial charge in [0.25, 0.3) is 0 Å². The summed E-state index contributed by atoms with van der Waals surface area (Å²) in [7, 11) is 0. The van der Waals surface area contributed by atoms with Gasteiger partial charge in [0.05, 0.1) is 58.4 Å². The standard InChI is InChI=1S/C21H36N2O6/c1-3-23(4-2)9-10-25-11-12-26-13-14-27-15-16-28-17-18-29-21(24)19-5-7-20(22)8-6-19/h5-8H,3-4,9-18,22H2,1-2H3. The highest BCUT2D eigenvalue weighted by molar-refractivity contribution is 5.89. The fourth-order valence-electron chi connectivity index (χ4n) is 2.39. The molecule has 0 saturated heterocycles. The minimum absolute atomic E-state index is 0.195. The van der Waals surface area contributed by atoms with Crippen LogP contribution in [-0.4, -0.2) is 90.0 Å². The van der Waals surface area contributed by atoms with E-state index in [0.717, 1.165) is 26.2 Å². The number of anilines is 1. The third kappa shape index (κ3) is 13.2. The molecule has 0 amide bonds. The third-order valence-corrected chi connectivity index (χ3v) is 4.17. The fraction of sp³-hybridized carbons (Fsp3) is 0.667. The maximum Gasteiger partial charge on any atom is 0.338 e. The highest BCUT2D eigenvalue weighted by atomic mass is 16.6. The number of benzene rings is 1. The molecule has 0 unspecified atom stereocenters. The van der Waals surface area contributed by atoms with Crippen molar-refractivity contribution in [2.24, 2.45) is 0 Å². The van der Waals surface area contributed by atoms with Gasteiger partial charge in [0.2, 0.25) is 0 Å². The van der Waals surface area contributed by atoms with E-state index in [1.165, 1.54) is 0 Å². The van der Waals surface area contributed by atoms with E-state index in [0.29, 0.717) is 57.5 Å². The molecule has 0 heterocycles. The number of ether oxygens (including phenoxy) is 5. The zero-order chi connectivity index (χ0) is 21.2. The Labute approximate surface area is 174 Å². The number of hydrogen-bond acceptors (Lipinski definition) is 8. The van der Waals surface area contributed by atoms with Crippen LogP contribution in [0.15, 0.2) is 24.3 Å². The van der Waals surface area contributed by atoms with Crippen LogP contribution in [0.5, 0.6) is 0 Å². The summed E-state index contributed by atoms with van der Waals surface area (Å²) in [5.74, 6) is -0.390. The second-order valence-electron chi connectivity index (χ2n) is 6.23. The van der Waals surface area contributed by atoms with Gasteiger partial charge in [-0.05, 0) is 37.4 Å². The van der Waals surface area contributed by atoms with Gasteiger partial charge in [-0.25, -0.2) is 4.79 Å². The predicted molar refractivity (Wildman–Crippen MR) is 112 cm³/mol. The quantitative estimate of drug-likeness (QED) is 0.222. The topological polar surface area (TPSA) is 92.5 Å². The molecule has 0 bridgehead atoms. The van der Waals surface area contributed by atoms with Crippen LogP contribution in [0.4, 0.5) is 5.69 Å². The van der Waals surface area contributed by atoms with Crippen LogP contribution in [0.3, 0.4) is 0 Å². The molecule has 29 heavy (non-hydrogen) atoms. The van der Waals surface area contributed by atoms with E-state index in [1.54, 1.807) is 24.3 Å². The zero-order valence-electron chi connectivity index (χ0n) is 17.8. The van der Waals surface area contributed by atoms with Gasteiger partial charge in [-0.1, -0.05) is 13.8 Å². The van der Waals surface area contributed by atoms with Gasteiger partial charge in [-0.2, -0.15) is 0 Å². The number of nitrogens with two attached hydrogens (primary N) is 1. The van der Waals surface area contributed by atoms with Gasteiger partial charge in [0.15, 0.2) is 0 Å². The van der Waals surface area contributed by atoms with Gasteiger partial charge < -0.3 is 34.3 Å². The first-order valence-corrected chi connectivity index (χ1v) is 10.2. The summed E-state index contributed by atoms with van der Waals surface area (Å²) in [6.07, 6.45) is 0. The molecule has 166 valence electrons. The van der Waals surface area contributed by atoms with Crippen molar-refractivity contribution in [3.8, 4) is 0 Å². The van der Waals surface area contributed by atoms with Crippen LogP contribution in [0, 0.1) is 0 Å². The zero-order valence-corrected chi connectivity index (χ0v) is 17.8. The van der Waals surface area contributed by atoms with Crippen LogP contribution >= 0.6 is 0 Å². The lowest BCUT2D eigenvalue weighted by Crippen LogP contribution is -2.27. The van der Waals surface area contributed by atoms with E-state index in [-0.39, 0.29) is 12.6 Å². The Morgan fingerprint density at radius 2 is 1.21 bits per heavy atom. The lowest BCUT2D eigenvalue weighted by molar-refractivity contribution is -0.0101. The fourth-order valence-corrected chi connectivity index (χ4v) is 2.39. The summed E-state index contributed by atoms with van der Waals surface area (Å²) in [5, 5.41) is 0. The number of likely N-dealkylation sites (N-methyl/N-ethyl adjacent to an activating group) is 1. The molecule has 0 spiro atoms. The molecular weight excluding hydrogens is 376 g/mol. The van der Waals surface area contributed by atoms with Gasteiger partial charge in [-0.15, -0.1) is 0 Å². The van der Waals surface area contributed by atoms with E-state index >= 15 is 0 Å². The third-order valence-electron chi connectivity index (χ3n) is 4.17.